The van der Waals surface area contributed by atoms with E-state index < -0.39 is 5.60 Å². The summed E-state index contributed by atoms with van der Waals surface area (Å²) in [7, 11) is 0. The van der Waals surface area contributed by atoms with E-state index in [2.05, 4.69) is 25.7 Å². The Balaban J connectivity index is 1.21. The number of hydrogen-bond donors (Lipinski definition) is 3. The van der Waals surface area contributed by atoms with Crippen molar-refractivity contribution >= 4 is 46.8 Å². The molecule has 2 aromatic heterocycles. The summed E-state index contributed by atoms with van der Waals surface area (Å²) >= 11 is 1.44. The first-order valence-corrected chi connectivity index (χ1v) is 13.4. The van der Waals surface area contributed by atoms with Crippen molar-refractivity contribution in [3.05, 3.63) is 42.1 Å². The van der Waals surface area contributed by atoms with Gasteiger partial charge in [0.05, 0.1) is 13.1 Å². The van der Waals surface area contributed by atoms with Crippen molar-refractivity contribution in [1.29, 1.82) is 0 Å². The first-order chi connectivity index (χ1) is 17.8. The van der Waals surface area contributed by atoms with Gasteiger partial charge in [-0.05, 0) is 68.6 Å². The fourth-order valence-corrected chi connectivity index (χ4v) is 5.43. The number of amides is 1. The molecule has 0 spiro atoms. The zero-order valence-corrected chi connectivity index (χ0v) is 21.6. The molecule has 3 N–H and O–H groups in total. The fourth-order valence-electron chi connectivity index (χ4n) is 4.66. The van der Waals surface area contributed by atoms with Crippen molar-refractivity contribution < 1.29 is 14.3 Å². The van der Waals surface area contributed by atoms with Crippen LogP contribution in [0, 0.1) is 18.8 Å². The summed E-state index contributed by atoms with van der Waals surface area (Å²) < 4.78 is 5.77. The second kappa shape index (κ2) is 9.37. The lowest BCUT2D eigenvalue weighted by Gasteiger charge is -2.50. The van der Waals surface area contributed by atoms with Gasteiger partial charge in [0.1, 0.15) is 17.2 Å². The van der Waals surface area contributed by atoms with Crippen LogP contribution < -0.4 is 15.5 Å². The number of carbonyl (C=O) groups excluding carboxylic acids is 2. The van der Waals surface area contributed by atoms with Gasteiger partial charge in [0.2, 0.25) is 5.91 Å². The molecule has 0 radical (unpaired) electrons. The fraction of sp³-hybridized carbons (Fsp3) is 0.423. The van der Waals surface area contributed by atoms with Gasteiger partial charge in [0, 0.05) is 47.2 Å². The van der Waals surface area contributed by atoms with Crippen LogP contribution in [0.1, 0.15) is 38.3 Å². The van der Waals surface area contributed by atoms with E-state index in [4.69, 9.17) is 14.7 Å². The molecular formula is C26H29N7O3S. The minimum atomic E-state index is -0.419. The van der Waals surface area contributed by atoms with E-state index in [0.717, 1.165) is 47.8 Å². The van der Waals surface area contributed by atoms with Crippen LogP contribution in [0.15, 0.2) is 46.5 Å². The Bertz CT molecular complexity index is 1330. The van der Waals surface area contributed by atoms with E-state index in [9.17, 15) is 9.59 Å². The summed E-state index contributed by atoms with van der Waals surface area (Å²) in [6.07, 6.45) is 4.13. The summed E-state index contributed by atoms with van der Waals surface area (Å²) in [5.41, 5.74) is 1.31. The number of ether oxygens (including phenoxy) is 1. The Kier molecular flexibility index (Phi) is 6.02. The number of carbonyl (C=O) groups is 2. The molecule has 0 atom stereocenters. The molecule has 1 aliphatic heterocycles. The van der Waals surface area contributed by atoms with Crippen molar-refractivity contribution in [1.82, 2.24) is 20.2 Å². The number of aryl methyl sites for hydroxylation is 1. The van der Waals surface area contributed by atoms with Crippen LogP contribution in [-0.4, -0.2) is 50.7 Å². The van der Waals surface area contributed by atoms with E-state index in [1.807, 2.05) is 43.3 Å². The molecule has 10 nitrogen and oxygen atoms in total. The van der Waals surface area contributed by atoms with E-state index in [-0.39, 0.29) is 17.8 Å². The maximum Gasteiger partial charge on any atom is 0.303 e. The average Bonchev–Trinajstić information content (AvgIpc) is 3.75. The molecule has 3 fully saturated rings. The number of benzene rings is 1. The molecule has 1 amide bonds. The van der Waals surface area contributed by atoms with Crippen LogP contribution in [0.25, 0.3) is 0 Å². The molecule has 3 aliphatic rings. The van der Waals surface area contributed by atoms with E-state index in [1.165, 1.54) is 18.7 Å². The second-order valence-corrected chi connectivity index (χ2v) is 11.2. The van der Waals surface area contributed by atoms with E-state index in [1.54, 1.807) is 0 Å². The number of nitrogens with one attached hydrogen (secondary N) is 3. The molecule has 3 heterocycles. The van der Waals surface area contributed by atoms with Crippen LogP contribution in [0.2, 0.25) is 0 Å². The van der Waals surface area contributed by atoms with Gasteiger partial charge < -0.3 is 20.3 Å². The lowest BCUT2D eigenvalue weighted by Crippen LogP contribution is -2.65. The summed E-state index contributed by atoms with van der Waals surface area (Å²) in [6.45, 7) is 4.65. The van der Waals surface area contributed by atoms with Gasteiger partial charge in [-0.1, -0.05) is 0 Å². The van der Waals surface area contributed by atoms with Crippen LogP contribution in [0.5, 0.6) is 0 Å². The van der Waals surface area contributed by atoms with Gasteiger partial charge in [0.15, 0.2) is 11.0 Å². The van der Waals surface area contributed by atoms with Gasteiger partial charge >= 0.3 is 5.97 Å². The maximum absolute atomic E-state index is 12.0. The van der Waals surface area contributed by atoms with Crippen LogP contribution in [-0.2, 0) is 14.3 Å². The molecule has 1 saturated heterocycles. The number of esters is 1. The normalized spacial score (nSPS) is 18.2. The van der Waals surface area contributed by atoms with Crippen molar-refractivity contribution in [3.63, 3.8) is 0 Å². The van der Waals surface area contributed by atoms with Crippen molar-refractivity contribution in [2.45, 2.75) is 55.2 Å². The Labute approximate surface area is 219 Å². The smallest absolute Gasteiger partial charge is 0.303 e. The molecule has 3 aromatic rings. The summed E-state index contributed by atoms with van der Waals surface area (Å²) in [5.74, 6) is 2.50. The summed E-state index contributed by atoms with van der Waals surface area (Å²) in [6, 6.07) is 11.5. The molecule has 2 saturated carbocycles. The van der Waals surface area contributed by atoms with Crippen molar-refractivity contribution in [2.24, 2.45) is 11.8 Å². The topological polar surface area (TPSA) is 125 Å². The number of rotatable bonds is 9. The maximum atomic E-state index is 12.0. The second-order valence-electron chi connectivity index (χ2n) is 10.1. The predicted octanol–water partition coefficient (Wildman–Crippen LogP) is 4.28. The Morgan fingerprint density at radius 3 is 2.46 bits per heavy atom. The molecular weight excluding hydrogens is 490 g/mol. The summed E-state index contributed by atoms with van der Waals surface area (Å²) in [4.78, 5) is 36.4. The SMILES string of the molecule is CC(=O)OC1(C2CC2)CN(c2cc(Nc3cc(C)[nH]n3)nc(Sc3ccc(NC(=O)C4CC4)cc3)n2)C1. The summed E-state index contributed by atoms with van der Waals surface area (Å²) in [5, 5.41) is 14.0. The minimum absolute atomic E-state index is 0.0892. The van der Waals surface area contributed by atoms with Crippen LogP contribution in [0.3, 0.4) is 0 Å². The number of H-pyrrole nitrogens is 1. The highest BCUT2D eigenvalue weighted by atomic mass is 32.2. The van der Waals surface area contributed by atoms with Crippen LogP contribution >= 0.6 is 11.8 Å². The number of anilines is 4. The van der Waals surface area contributed by atoms with Crippen molar-refractivity contribution in [2.75, 3.05) is 28.6 Å². The highest BCUT2D eigenvalue weighted by Crippen LogP contribution is 2.48. The Hall–Kier alpha value is -3.60. The lowest BCUT2D eigenvalue weighted by molar-refractivity contribution is -0.162. The zero-order valence-electron chi connectivity index (χ0n) is 20.8. The van der Waals surface area contributed by atoms with E-state index >= 15 is 0 Å². The molecule has 0 unspecified atom stereocenters. The number of aromatic nitrogens is 4. The van der Waals surface area contributed by atoms with Gasteiger partial charge in [-0.15, -0.1) is 0 Å². The third kappa shape index (κ3) is 5.41. The highest BCUT2D eigenvalue weighted by Gasteiger charge is 2.56. The number of aromatic amines is 1. The minimum Gasteiger partial charge on any atom is -0.455 e. The molecule has 1 aromatic carbocycles. The largest absolute Gasteiger partial charge is 0.455 e. The van der Waals surface area contributed by atoms with Gasteiger partial charge in [-0.25, -0.2) is 9.97 Å². The zero-order chi connectivity index (χ0) is 25.6. The Morgan fingerprint density at radius 2 is 1.84 bits per heavy atom. The molecule has 37 heavy (non-hydrogen) atoms. The predicted molar refractivity (Wildman–Crippen MR) is 140 cm³/mol. The lowest BCUT2D eigenvalue weighted by atomic mass is 9.88. The first-order valence-electron chi connectivity index (χ1n) is 12.6. The number of nitrogens with zero attached hydrogens (tertiary/aromatic N) is 4. The van der Waals surface area contributed by atoms with Crippen molar-refractivity contribution in [3.8, 4) is 0 Å². The van der Waals surface area contributed by atoms with E-state index in [0.29, 0.717) is 35.8 Å². The third-order valence-electron chi connectivity index (χ3n) is 6.84. The number of hydrogen-bond acceptors (Lipinski definition) is 9. The first kappa shape index (κ1) is 23.8. The average molecular weight is 520 g/mol. The quantitative estimate of drug-likeness (QED) is 0.280. The Morgan fingerprint density at radius 1 is 1.08 bits per heavy atom. The van der Waals surface area contributed by atoms with Gasteiger partial charge in [0.25, 0.3) is 0 Å². The van der Waals surface area contributed by atoms with Gasteiger partial charge in [-0.3, -0.25) is 14.7 Å². The molecule has 2 aliphatic carbocycles. The molecule has 192 valence electrons. The molecule has 11 heteroatoms. The standard InChI is InChI=1S/C26H29N7O3S/c1-15-11-22(32-31-15)28-21-12-23(33-13-26(14-33,18-5-6-18)36-16(2)34)30-25(29-21)37-20-9-7-19(8-10-20)27-24(35)17-3-4-17/h7-12,17-18H,3-6,13-14H2,1-2H3,(H,27,35)(H2,28,29,30,31,32). The highest BCUT2D eigenvalue weighted by molar-refractivity contribution is 7.99. The third-order valence-corrected chi connectivity index (χ3v) is 7.72. The van der Waals surface area contributed by atoms with Crippen LogP contribution in [0.4, 0.5) is 23.1 Å². The monoisotopic (exact) mass is 519 g/mol. The van der Waals surface area contributed by atoms with Gasteiger partial charge in [-0.2, -0.15) is 5.10 Å². The molecule has 6 rings (SSSR count). The molecule has 0 bridgehead atoms.